The van der Waals surface area contributed by atoms with Crippen molar-refractivity contribution >= 4 is 21.7 Å². The predicted molar refractivity (Wildman–Crippen MR) is 67.3 cm³/mol. The van der Waals surface area contributed by atoms with Crippen LogP contribution in [0.2, 0.25) is 0 Å². The third-order valence-electron chi connectivity index (χ3n) is 3.24. The fourth-order valence-electron chi connectivity index (χ4n) is 2.21. The number of anilines is 1. The summed E-state index contributed by atoms with van der Waals surface area (Å²) in [6.07, 6.45) is 5.36. The topological polar surface area (TPSA) is 16.1 Å². The van der Waals surface area contributed by atoms with E-state index in [-0.39, 0.29) is 0 Å². The Kier molecular flexibility index (Phi) is 3.29. The highest BCUT2D eigenvalue weighted by atomic mass is 79.9. The number of rotatable bonds is 2. The third-order valence-corrected chi connectivity index (χ3v) is 4.08. The van der Waals surface area contributed by atoms with Crippen molar-refractivity contribution in [3.05, 3.63) is 22.3 Å². The lowest BCUT2D eigenvalue weighted by Crippen LogP contribution is -2.29. The molecule has 0 saturated heterocycles. The molecule has 0 radical (unpaired) electrons. The predicted octanol–water partition coefficient (Wildman–Crippen LogP) is 3.53. The molecule has 2 nitrogen and oxygen atoms in total. The Bertz CT molecular complexity index is 345. The first kappa shape index (κ1) is 10.9. The molecule has 0 aliphatic heterocycles. The average Bonchev–Trinajstić information content (AvgIpc) is 2.74. The third kappa shape index (κ3) is 2.33. The molecule has 0 unspecified atom stereocenters. The van der Waals surface area contributed by atoms with E-state index in [0.29, 0.717) is 6.04 Å². The first-order valence-electron chi connectivity index (χ1n) is 5.54. The van der Waals surface area contributed by atoms with E-state index in [1.54, 1.807) is 0 Å². The van der Waals surface area contributed by atoms with Crippen molar-refractivity contribution in [2.75, 3.05) is 11.9 Å². The molecule has 0 atom stereocenters. The Morgan fingerprint density at radius 2 is 2.00 bits per heavy atom. The largest absolute Gasteiger partial charge is 0.357 e. The number of aromatic nitrogens is 1. The van der Waals surface area contributed by atoms with E-state index in [1.807, 2.05) is 6.92 Å². The van der Waals surface area contributed by atoms with Crippen LogP contribution in [0.1, 0.15) is 31.4 Å². The van der Waals surface area contributed by atoms with E-state index in [4.69, 9.17) is 0 Å². The van der Waals surface area contributed by atoms with Crippen molar-refractivity contribution in [2.45, 2.75) is 38.6 Å². The van der Waals surface area contributed by atoms with E-state index in [1.165, 1.54) is 25.7 Å². The van der Waals surface area contributed by atoms with Crippen LogP contribution in [0.3, 0.4) is 0 Å². The van der Waals surface area contributed by atoms with Gasteiger partial charge in [-0.25, -0.2) is 4.98 Å². The number of hydrogen-bond acceptors (Lipinski definition) is 2. The van der Waals surface area contributed by atoms with E-state index in [2.05, 4.69) is 45.0 Å². The Hall–Kier alpha value is -0.570. The molecule has 82 valence electrons. The smallest absolute Gasteiger partial charge is 0.128 e. The van der Waals surface area contributed by atoms with Crippen LogP contribution in [0.4, 0.5) is 5.82 Å². The van der Waals surface area contributed by atoms with Gasteiger partial charge in [-0.1, -0.05) is 12.8 Å². The quantitative estimate of drug-likeness (QED) is 0.816. The molecule has 1 saturated carbocycles. The lowest BCUT2D eigenvalue weighted by Gasteiger charge is -2.25. The summed E-state index contributed by atoms with van der Waals surface area (Å²) in [5.74, 6) is 1.10. The Morgan fingerprint density at radius 1 is 1.33 bits per heavy atom. The lowest BCUT2D eigenvalue weighted by molar-refractivity contribution is 0.645. The minimum Gasteiger partial charge on any atom is -0.357 e. The first-order valence-corrected chi connectivity index (χ1v) is 6.34. The molecule has 0 aromatic carbocycles. The van der Waals surface area contributed by atoms with E-state index < -0.39 is 0 Å². The highest BCUT2D eigenvalue weighted by Crippen LogP contribution is 2.27. The first-order chi connectivity index (χ1) is 7.18. The molecule has 15 heavy (non-hydrogen) atoms. The van der Waals surface area contributed by atoms with Crippen LogP contribution in [-0.2, 0) is 0 Å². The standard InChI is InChI=1S/C12H17BrN2/c1-9-11(13)7-8-12(14-9)15(2)10-5-3-4-6-10/h7-8,10H,3-6H2,1-2H3. The summed E-state index contributed by atoms with van der Waals surface area (Å²) >= 11 is 3.48. The second kappa shape index (κ2) is 4.52. The van der Waals surface area contributed by atoms with Crippen LogP contribution in [-0.4, -0.2) is 18.1 Å². The normalized spacial score (nSPS) is 17.0. The van der Waals surface area contributed by atoms with Crippen LogP contribution in [0.15, 0.2) is 16.6 Å². The van der Waals surface area contributed by atoms with Gasteiger partial charge in [-0.2, -0.15) is 0 Å². The molecule has 1 fully saturated rings. The van der Waals surface area contributed by atoms with Crippen LogP contribution in [0.5, 0.6) is 0 Å². The molecule has 0 N–H and O–H groups in total. The van der Waals surface area contributed by atoms with Gasteiger partial charge in [-0.3, -0.25) is 0 Å². The number of pyridine rings is 1. The molecule has 1 heterocycles. The maximum atomic E-state index is 4.60. The highest BCUT2D eigenvalue weighted by molar-refractivity contribution is 9.10. The molecule has 1 aromatic heterocycles. The Morgan fingerprint density at radius 3 is 2.60 bits per heavy atom. The molecule has 1 aliphatic carbocycles. The van der Waals surface area contributed by atoms with Crippen LogP contribution < -0.4 is 4.90 Å². The van der Waals surface area contributed by atoms with Crippen LogP contribution in [0.25, 0.3) is 0 Å². The minimum atomic E-state index is 0.693. The summed E-state index contributed by atoms with van der Waals surface area (Å²) in [5, 5.41) is 0. The van der Waals surface area contributed by atoms with E-state index in [9.17, 15) is 0 Å². The van der Waals surface area contributed by atoms with Crippen LogP contribution in [0, 0.1) is 6.92 Å². The van der Waals surface area contributed by atoms with Crippen molar-refractivity contribution in [1.29, 1.82) is 0 Å². The van der Waals surface area contributed by atoms with Gasteiger partial charge in [0.1, 0.15) is 5.82 Å². The zero-order chi connectivity index (χ0) is 10.8. The maximum absolute atomic E-state index is 4.60. The molecular formula is C12H17BrN2. The molecule has 1 aromatic rings. The summed E-state index contributed by atoms with van der Waals surface area (Å²) in [5.41, 5.74) is 1.07. The van der Waals surface area contributed by atoms with Gasteiger partial charge in [0, 0.05) is 17.6 Å². The minimum absolute atomic E-state index is 0.693. The van der Waals surface area contributed by atoms with Gasteiger partial charge in [0.15, 0.2) is 0 Å². The van der Waals surface area contributed by atoms with Gasteiger partial charge in [0.2, 0.25) is 0 Å². The van der Waals surface area contributed by atoms with Gasteiger partial charge in [-0.15, -0.1) is 0 Å². The van der Waals surface area contributed by atoms with Gasteiger partial charge in [0.25, 0.3) is 0 Å². The van der Waals surface area contributed by atoms with Gasteiger partial charge < -0.3 is 4.90 Å². The van der Waals surface area contributed by atoms with E-state index >= 15 is 0 Å². The van der Waals surface area contributed by atoms with Crippen molar-refractivity contribution < 1.29 is 0 Å². The summed E-state index contributed by atoms with van der Waals surface area (Å²) in [6.45, 7) is 2.04. The maximum Gasteiger partial charge on any atom is 0.128 e. The van der Waals surface area contributed by atoms with Gasteiger partial charge in [-0.05, 0) is 47.8 Å². The van der Waals surface area contributed by atoms with Crippen molar-refractivity contribution in [1.82, 2.24) is 4.98 Å². The second-order valence-electron chi connectivity index (χ2n) is 4.29. The highest BCUT2D eigenvalue weighted by Gasteiger charge is 2.20. The average molecular weight is 269 g/mol. The molecule has 1 aliphatic rings. The SMILES string of the molecule is Cc1nc(N(C)C2CCCC2)ccc1Br. The van der Waals surface area contributed by atoms with Gasteiger partial charge >= 0.3 is 0 Å². The second-order valence-corrected chi connectivity index (χ2v) is 5.14. The van der Waals surface area contributed by atoms with Crippen molar-refractivity contribution in [3.63, 3.8) is 0 Å². The fraction of sp³-hybridized carbons (Fsp3) is 0.583. The molecule has 2 rings (SSSR count). The molecule has 0 spiro atoms. The number of aryl methyl sites for hydroxylation is 1. The monoisotopic (exact) mass is 268 g/mol. The summed E-state index contributed by atoms with van der Waals surface area (Å²) in [4.78, 5) is 6.92. The number of nitrogens with zero attached hydrogens (tertiary/aromatic N) is 2. The Balaban J connectivity index is 2.17. The summed E-state index contributed by atoms with van der Waals surface area (Å²) in [7, 11) is 2.16. The van der Waals surface area contributed by atoms with Crippen LogP contribution >= 0.6 is 15.9 Å². The fourth-order valence-corrected chi connectivity index (χ4v) is 2.43. The molecular weight excluding hydrogens is 252 g/mol. The molecule has 0 bridgehead atoms. The molecule has 3 heteroatoms. The Labute approximate surface area is 99.8 Å². The van der Waals surface area contributed by atoms with Crippen molar-refractivity contribution in [2.24, 2.45) is 0 Å². The molecule has 0 amide bonds. The summed E-state index contributed by atoms with van der Waals surface area (Å²) in [6, 6.07) is 4.87. The summed E-state index contributed by atoms with van der Waals surface area (Å²) < 4.78 is 1.09. The zero-order valence-electron chi connectivity index (χ0n) is 9.33. The zero-order valence-corrected chi connectivity index (χ0v) is 10.9. The van der Waals surface area contributed by atoms with E-state index in [0.717, 1.165) is 16.0 Å². The number of halogens is 1. The van der Waals surface area contributed by atoms with Gasteiger partial charge in [0.05, 0.1) is 5.69 Å². The number of hydrogen-bond donors (Lipinski definition) is 0. The lowest BCUT2D eigenvalue weighted by atomic mass is 10.2. The van der Waals surface area contributed by atoms with Crippen molar-refractivity contribution in [3.8, 4) is 0 Å².